The van der Waals surface area contributed by atoms with Gasteiger partial charge in [0, 0.05) is 19.8 Å². The molecule has 1 amide bonds. The molecule has 0 aliphatic carbocycles. The maximum Gasteiger partial charge on any atom is 0.287 e. The number of carbonyl (C=O) groups excluding carboxylic acids is 1. The fourth-order valence-corrected chi connectivity index (χ4v) is 4.03. The first kappa shape index (κ1) is 21.4. The second kappa shape index (κ2) is 7.97. The van der Waals surface area contributed by atoms with Crippen LogP contribution in [-0.4, -0.2) is 42.5 Å². The van der Waals surface area contributed by atoms with E-state index in [1.807, 2.05) is 0 Å². The van der Waals surface area contributed by atoms with E-state index >= 15 is 0 Å². The first-order valence-electron chi connectivity index (χ1n) is 7.70. The Morgan fingerprint density at radius 2 is 1.89 bits per heavy atom. The molecule has 0 spiro atoms. The molecule has 0 aliphatic heterocycles. The quantitative estimate of drug-likeness (QED) is 0.778. The number of carbonyl (C=O) groups is 1. The average Bonchev–Trinajstić information content (AvgIpc) is 2.58. The van der Waals surface area contributed by atoms with Gasteiger partial charge in [-0.15, -0.1) is 0 Å². The van der Waals surface area contributed by atoms with E-state index in [0.717, 1.165) is 15.2 Å². The van der Waals surface area contributed by atoms with Gasteiger partial charge >= 0.3 is 0 Å². The standard InChI is InChI=1S/C16H18Cl2N4O4S/c1-9-5-6-12(10(2)15(9)27(25,26)21(3)4)20-13(23)8-22-16(24)14(18)11(17)7-19-22/h5-7H,8H2,1-4H3,(H,20,23). The van der Waals surface area contributed by atoms with Crippen LogP contribution in [0, 0.1) is 13.8 Å². The molecule has 1 N–H and O–H groups in total. The lowest BCUT2D eigenvalue weighted by Crippen LogP contribution is -2.30. The summed E-state index contributed by atoms with van der Waals surface area (Å²) in [6.45, 7) is 2.87. The molecule has 8 nitrogen and oxygen atoms in total. The molecule has 0 radical (unpaired) electrons. The van der Waals surface area contributed by atoms with Crippen molar-refractivity contribution >= 4 is 44.8 Å². The molecule has 2 rings (SSSR count). The summed E-state index contributed by atoms with van der Waals surface area (Å²) in [4.78, 5) is 24.4. The molecule has 146 valence electrons. The van der Waals surface area contributed by atoms with Crippen LogP contribution in [0.15, 0.2) is 28.0 Å². The van der Waals surface area contributed by atoms with Gasteiger partial charge in [-0.2, -0.15) is 5.10 Å². The van der Waals surface area contributed by atoms with Crippen molar-refractivity contribution in [2.24, 2.45) is 0 Å². The number of hydrogen-bond donors (Lipinski definition) is 1. The topological polar surface area (TPSA) is 101 Å². The number of rotatable bonds is 5. The third-order valence-electron chi connectivity index (χ3n) is 3.85. The van der Waals surface area contributed by atoms with Crippen LogP contribution in [0.3, 0.4) is 0 Å². The van der Waals surface area contributed by atoms with Gasteiger partial charge in [-0.25, -0.2) is 17.4 Å². The normalized spacial score (nSPS) is 11.7. The highest BCUT2D eigenvalue weighted by Crippen LogP contribution is 2.28. The van der Waals surface area contributed by atoms with Crippen LogP contribution < -0.4 is 10.9 Å². The van der Waals surface area contributed by atoms with E-state index < -0.39 is 28.0 Å². The van der Waals surface area contributed by atoms with Crippen molar-refractivity contribution < 1.29 is 13.2 Å². The van der Waals surface area contributed by atoms with Gasteiger partial charge < -0.3 is 5.32 Å². The minimum atomic E-state index is -3.69. The Balaban J connectivity index is 2.35. The zero-order chi connectivity index (χ0) is 20.5. The van der Waals surface area contributed by atoms with E-state index in [-0.39, 0.29) is 14.9 Å². The molecule has 0 fully saturated rings. The Labute approximate surface area is 166 Å². The van der Waals surface area contributed by atoms with E-state index in [2.05, 4.69) is 10.4 Å². The molecule has 0 saturated heterocycles. The van der Waals surface area contributed by atoms with Crippen molar-refractivity contribution in [3.63, 3.8) is 0 Å². The maximum atomic E-state index is 12.5. The predicted octanol–water partition coefficient (Wildman–Crippen LogP) is 2.06. The first-order valence-corrected chi connectivity index (χ1v) is 9.90. The highest BCUT2D eigenvalue weighted by atomic mass is 35.5. The molecule has 0 bridgehead atoms. The largest absolute Gasteiger partial charge is 0.324 e. The lowest BCUT2D eigenvalue weighted by Gasteiger charge is -2.18. The van der Waals surface area contributed by atoms with Gasteiger partial charge in [-0.1, -0.05) is 29.3 Å². The average molecular weight is 433 g/mol. The fraction of sp³-hybridized carbons (Fsp3) is 0.312. The minimum Gasteiger partial charge on any atom is -0.324 e. The first-order chi connectivity index (χ1) is 12.5. The number of sulfonamides is 1. The van der Waals surface area contributed by atoms with Crippen LogP contribution >= 0.6 is 23.2 Å². The van der Waals surface area contributed by atoms with Gasteiger partial charge in [0.1, 0.15) is 11.6 Å². The predicted molar refractivity (Wildman–Crippen MR) is 104 cm³/mol. The van der Waals surface area contributed by atoms with Crippen LogP contribution in [0.1, 0.15) is 11.1 Å². The van der Waals surface area contributed by atoms with Crippen molar-refractivity contribution in [1.82, 2.24) is 14.1 Å². The lowest BCUT2D eigenvalue weighted by molar-refractivity contribution is -0.117. The lowest BCUT2D eigenvalue weighted by atomic mass is 10.1. The van der Waals surface area contributed by atoms with Gasteiger partial charge in [0.05, 0.1) is 16.1 Å². The number of benzene rings is 1. The SMILES string of the molecule is Cc1ccc(NC(=O)Cn2ncc(Cl)c(Cl)c2=O)c(C)c1S(=O)(=O)N(C)C. The molecule has 1 aromatic heterocycles. The summed E-state index contributed by atoms with van der Waals surface area (Å²) in [5.41, 5.74) is 0.572. The molecular weight excluding hydrogens is 415 g/mol. The molecule has 0 saturated carbocycles. The second-order valence-electron chi connectivity index (χ2n) is 5.99. The van der Waals surface area contributed by atoms with Crippen molar-refractivity contribution in [3.8, 4) is 0 Å². The highest BCUT2D eigenvalue weighted by molar-refractivity contribution is 7.89. The molecule has 0 aliphatic rings. The Bertz CT molecular complexity index is 1060. The maximum absolute atomic E-state index is 12.5. The van der Waals surface area contributed by atoms with Gasteiger partial charge in [-0.3, -0.25) is 9.59 Å². The van der Waals surface area contributed by atoms with Crippen molar-refractivity contribution in [3.05, 3.63) is 49.9 Å². The summed E-state index contributed by atoms with van der Waals surface area (Å²) in [5.74, 6) is -0.567. The minimum absolute atomic E-state index is 0.00811. The molecule has 0 unspecified atom stereocenters. The van der Waals surface area contributed by atoms with Crippen molar-refractivity contribution in [1.29, 1.82) is 0 Å². The Kier molecular flexibility index (Phi) is 6.31. The van der Waals surface area contributed by atoms with Crippen LogP contribution in [0.25, 0.3) is 0 Å². The molecule has 11 heteroatoms. The molecule has 1 aromatic carbocycles. The van der Waals surface area contributed by atoms with E-state index in [1.54, 1.807) is 26.0 Å². The van der Waals surface area contributed by atoms with E-state index in [9.17, 15) is 18.0 Å². The smallest absolute Gasteiger partial charge is 0.287 e. The number of halogens is 2. The highest BCUT2D eigenvalue weighted by Gasteiger charge is 2.24. The zero-order valence-corrected chi connectivity index (χ0v) is 17.4. The van der Waals surface area contributed by atoms with Crippen molar-refractivity contribution in [2.75, 3.05) is 19.4 Å². The second-order valence-corrected chi connectivity index (χ2v) is 8.86. The number of anilines is 1. The monoisotopic (exact) mass is 432 g/mol. The van der Waals surface area contributed by atoms with E-state index in [0.29, 0.717) is 16.8 Å². The molecule has 1 heterocycles. The summed E-state index contributed by atoms with van der Waals surface area (Å²) >= 11 is 11.5. The number of aromatic nitrogens is 2. The summed E-state index contributed by atoms with van der Waals surface area (Å²) in [5, 5.41) is 6.12. The van der Waals surface area contributed by atoms with Gasteiger partial charge in [0.25, 0.3) is 5.56 Å². The van der Waals surface area contributed by atoms with E-state index in [1.165, 1.54) is 14.1 Å². The molecule has 2 aromatic rings. The van der Waals surface area contributed by atoms with Gasteiger partial charge in [0.15, 0.2) is 0 Å². The van der Waals surface area contributed by atoms with Crippen molar-refractivity contribution in [2.45, 2.75) is 25.3 Å². The third kappa shape index (κ3) is 4.32. The van der Waals surface area contributed by atoms with Crippen LogP contribution in [-0.2, 0) is 21.4 Å². The van der Waals surface area contributed by atoms with Crippen LogP contribution in [0.4, 0.5) is 5.69 Å². The molecule has 27 heavy (non-hydrogen) atoms. The van der Waals surface area contributed by atoms with Crippen LogP contribution in [0.5, 0.6) is 0 Å². The Hall–Kier alpha value is -1.94. The number of amides is 1. The fourth-order valence-electron chi connectivity index (χ4n) is 2.43. The third-order valence-corrected chi connectivity index (χ3v) is 6.71. The summed E-state index contributed by atoms with van der Waals surface area (Å²) in [7, 11) is -0.825. The number of nitrogens with one attached hydrogen (secondary N) is 1. The molecular formula is C16H18Cl2N4O4S. The van der Waals surface area contributed by atoms with E-state index in [4.69, 9.17) is 23.2 Å². The van der Waals surface area contributed by atoms with Crippen LogP contribution in [0.2, 0.25) is 10.0 Å². The number of nitrogens with zero attached hydrogens (tertiary/aromatic N) is 3. The van der Waals surface area contributed by atoms with Gasteiger partial charge in [-0.05, 0) is 31.0 Å². The zero-order valence-electron chi connectivity index (χ0n) is 15.1. The molecule has 0 atom stereocenters. The number of aryl methyl sites for hydroxylation is 1. The Morgan fingerprint density at radius 3 is 2.48 bits per heavy atom. The summed E-state index contributed by atoms with van der Waals surface area (Å²) in [6, 6.07) is 3.20. The number of hydrogen-bond acceptors (Lipinski definition) is 5. The summed E-state index contributed by atoms with van der Waals surface area (Å²) < 4.78 is 27.1. The summed E-state index contributed by atoms with van der Waals surface area (Å²) in [6.07, 6.45) is 1.16. The Morgan fingerprint density at radius 1 is 1.26 bits per heavy atom. The van der Waals surface area contributed by atoms with Gasteiger partial charge in [0.2, 0.25) is 15.9 Å².